The van der Waals surface area contributed by atoms with E-state index in [0.29, 0.717) is 19.6 Å². The molecule has 1 saturated carbocycles. The summed E-state index contributed by atoms with van der Waals surface area (Å²) in [6.45, 7) is 3.36. The number of carbonyl (C=O) groups excluding carboxylic acids is 1. The number of nitro groups is 1. The van der Waals surface area contributed by atoms with Gasteiger partial charge in [-0.1, -0.05) is 24.3 Å². The largest absolute Gasteiger partial charge is 0.339 e. The molecule has 2 aromatic rings. The smallest absolute Gasteiger partial charge is 0.269 e. The molecule has 0 aromatic heterocycles. The lowest BCUT2D eigenvalue weighted by Crippen LogP contribution is -2.51. The summed E-state index contributed by atoms with van der Waals surface area (Å²) >= 11 is 0. The van der Waals surface area contributed by atoms with Crippen LogP contribution in [0.25, 0.3) is 0 Å². The van der Waals surface area contributed by atoms with E-state index in [1.165, 1.54) is 18.2 Å². The molecule has 0 atom stereocenters. The lowest BCUT2D eigenvalue weighted by Gasteiger charge is -2.36. The van der Waals surface area contributed by atoms with Crippen molar-refractivity contribution in [3.63, 3.8) is 0 Å². The number of nitro benzene ring substituents is 1. The first-order chi connectivity index (χ1) is 13.5. The van der Waals surface area contributed by atoms with Gasteiger partial charge in [0.15, 0.2) is 0 Å². The summed E-state index contributed by atoms with van der Waals surface area (Å²) in [6, 6.07) is 13.0. The first-order valence-electron chi connectivity index (χ1n) is 9.49. The summed E-state index contributed by atoms with van der Waals surface area (Å²) < 4.78 is 13.2. The van der Waals surface area contributed by atoms with Gasteiger partial charge in [0.05, 0.1) is 10.3 Å². The van der Waals surface area contributed by atoms with E-state index in [1.54, 1.807) is 24.3 Å². The Labute approximate surface area is 162 Å². The average molecular weight is 383 g/mol. The van der Waals surface area contributed by atoms with Crippen molar-refractivity contribution < 1.29 is 14.1 Å². The quantitative estimate of drug-likeness (QED) is 0.588. The van der Waals surface area contributed by atoms with E-state index < -0.39 is 5.41 Å². The molecule has 28 heavy (non-hydrogen) atoms. The molecule has 2 fully saturated rings. The van der Waals surface area contributed by atoms with Crippen LogP contribution in [0.1, 0.15) is 24.0 Å². The number of hydrogen-bond acceptors (Lipinski definition) is 4. The molecule has 2 aliphatic rings. The number of carbonyl (C=O) groups is 1. The maximum absolute atomic E-state index is 13.2. The molecular weight excluding hydrogens is 361 g/mol. The molecule has 1 aliphatic carbocycles. The zero-order chi connectivity index (χ0) is 19.7. The van der Waals surface area contributed by atoms with Crippen molar-refractivity contribution >= 4 is 11.6 Å². The lowest BCUT2D eigenvalue weighted by atomic mass is 9.94. The molecule has 0 bridgehead atoms. The fraction of sp³-hybridized carbons (Fsp3) is 0.381. The summed E-state index contributed by atoms with van der Waals surface area (Å²) in [4.78, 5) is 27.7. The zero-order valence-electron chi connectivity index (χ0n) is 15.5. The van der Waals surface area contributed by atoms with Crippen molar-refractivity contribution in [1.29, 1.82) is 0 Å². The van der Waals surface area contributed by atoms with Crippen molar-refractivity contribution in [2.45, 2.75) is 24.8 Å². The minimum absolute atomic E-state index is 0.0984. The van der Waals surface area contributed by atoms with Gasteiger partial charge in [0, 0.05) is 44.9 Å². The molecule has 0 spiro atoms. The van der Waals surface area contributed by atoms with Crippen LogP contribution < -0.4 is 0 Å². The van der Waals surface area contributed by atoms with Gasteiger partial charge in [0.2, 0.25) is 5.91 Å². The Morgan fingerprint density at radius 2 is 1.75 bits per heavy atom. The van der Waals surface area contributed by atoms with Gasteiger partial charge in [0.1, 0.15) is 5.82 Å². The van der Waals surface area contributed by atoms with Crippen LogP contribution in [0.15, 0.2) is 48.5 Å². The molecule has 6 nitrogen and oxygen atoms in total. The van der Waals surface area contributed by atoms with Crippen LogP contribution >= 0.6 is 0 Å². The Hall–Kier alpha value is -2.80. The number of rotatable bonds is 5. The average Bonchev–Trinajstić information content (AvgIpc) is 3.51. The van der Waals surface area contributed by atoms with Gasteiger partial charge in [-0.25, -0.2) is 4.39 Å². The van der Waals surface area contributed by atoms with E-state index in [0.717, 1.165) is 37.1 Å². The highest BCUT2D eigenvalue weighted by molar-refractivity contribution is 5.91. The van der Waals surface area contributed by atoms with E-state index in [9.17, 15) is 19.3 Å². The van der Waals surface area contributed by atoms with E-state index in [-0.39, 0.29) is 22.3 Å². The molecule has 1 saturated heterocycles. The van der Waals surface area contributed by atoms with Crippen LogP contribution in [0, 0.1) is 15.9 Å². The summed E-state index contributed by atoms with van der Waals surface area (Å²) in [7, 11) is 0. The number of amides is 1. The maximum atomic E-state index is 13.2. The predicted octanol–water partition coefficient (Wildman–Crippen LogP) is 3.11. The van der Waals surface area contributed by atoms with Crippen molar-refractivity contribution in [2.75, 3.05) is 26.2 Å². The zero-order valence-corrected chi connectivity index (χ0v) is 15.5. The Morgan fingerprint density at radius 1 is 1.07 bits per heavy atom. The monoisotopic (exact) mass is 383 g/mol. The third kappa shape index (κ3) is 3.62. The minimum Gasteiger partial charge on any atom is -0.339 e. The van der Waals surface area contributed by atoms with Gasteiger partial charge in [-0.2, -0.15) is 0 Å². The van der Waals surface area contributed by atoms with Gasteiger partial charge >= 0.3 is 0 Å². The second-order valence-corrected chi connectivity index (χ2v) is 7.58. The van der Waals surface area contributed by atoms with Crippen LogP contribution in [0.5, 0.6) is 0 Å². The topological polar surface area (TPSA) is 66.7 Å². The molecule has 7 heteroatoms. The molecule has 2 aromatic carbocycles. The van der Waals surface area contributed by atoms with Crippen LogP contribution in [-0.4, -0.2) is 46.8 Å². The first kappa shape index (κ1) is 18.6. The van der Waals surface area contributed by atoms with Crippen molar-refractivity contribution in [3.8, 4) is 0 Å². The summed E-state index contributed by atoms with van der Waals surface area (Å²) in [5.41, 5.74) is 1.42. The summed E-state index contributed by atoms with van der Waals surface area (Å²) in [5.74, 6) is -0.157. The van der Waals surface area contributed by atoms with Gasteiger partial charge in [-0.15, -0.1) is 0 Å². The van der Waals surface area contributed by atoms with Crippen LogP contribution in [-0.2, 0) is 16.8 Å². The van der Waals surface area contributed by atoms with Crippen molar-refractivity contribution in [2.24, 2.45) is 0 Å². The highest BCUT2D eigenvalue weighted by Crippen LogP contribution is 2.49. The number of piperazine rings is 1. The number of nitrogens with zero attached hydrogens (tertiary/aromatic N) is 3. The second-order valence-electron chi connectivity index (χ2n) is 7.58. The van der Waals surface area contributed by atoms with E-state index in [2.05, 4.69) is 4.90 Å². The Kier molecular flexibility index (Phi) is 4.85. The van der Waals surface area contributed by atoms with Gasteiger partial charge < -0.3 is 4.90 Å². The molecule has 146 valence electrons. The molecule has 0 unspecified atom stereocenters. The Balaban J connectivity index is 1.36. The standard InChI is InChI=1S/C21H22FN3O3/c22-18-6-4-17(5-7-18)21(8-9-21)20(26)24-12-10-23(11-13-24)15-16-2-1-3-19(14-16)25(27)28/h1-7,14H,8-13,15H2. The fourth-order valence-corrected chi connectivity index (χ4v) is 3.96. The molecular formula is C21H22FN3O3. The molecule has 1 heterocycles. The van der Waals surface area contributed by atoms with E-state index in [1.807, 2.05) is 11.0 Å². The number of hydrogen-bond donors (Lipinski definition) is 0. The minimum atomic E-state index is -0.476. The normalized spacial score (nSPS) is 18.7. The highest BCUT2D eigenvalue weighted by atomic mass is 19.1. The summed E-state index contributed by atoms with van der Waals surface area (Å²) in [6.07, 6.45) is 1.62. The first-order valence-corrected chi connectivity index (χ1v) is 9.49. The Bertz CT molecular complexity index is 888. The van der Waals surface area contributed by atoms with Crippen molar-refractivity contribution in [1.82, 2.24) is 9.80 Å². The number of benzene rings is 2. The number of halogens is 1. The Morgan fingerprint density at radius 3 is 2.36 bits per heavy atom. The lowest BCUT2D eigenvalue weighted by molar-refractivity contribution is -0.384. The second kappa shape index (κ2) is 7.31. The van der Waals surface area contributed by atoms with Crippen molar-refractivity contribution in [3.05, 3.63) is 75.6 Å². The van der Waals surface area contributed by atoms with Crippen LogP contribution in [0.4, 0.5) is 10.1 Å². The molecule has 1 aliphatic heterocycles. The molecule has 0 radical (unpaired) electrons. The van der Waals surface area contributed by atoms with E-state index in [4.69, 9.17) is 0 Å². The highest BCUT2D eigenvalue weighted by Gasteiger charge is 2.53. The van der Waals surface area contributed by atoms with Gasteiger partial charge in [0.25, 0.3) is 5.69 Å². The maximum Gasteiger partial charge on any atom is 0.269 e. The third-order valence-corrected chi connectivity index (χ3v) is 5.74. The molecule has 1 amide bonds. The van der Waals surface area contributed by atoms with Crippen LogP contribution in [0.3, 0.4) is 0 Å². The predicted molar refractivity (Wildman–Crippen MR) is 102 cm³/mol. The molecule has 4 rings (SSSR count). The summed E-state index contributed by atoms with van der Waals surface area (Å²) in [5, 5.41) is 10.9. The van der Waals surface area contributed by atoms with E-state index >= 15 is 0 Å². The number of non-ortho nitro benzene ring substituents is 1. The van der Waals surface area contributed by atoms with Crippen LogP contribution in [0.2, 0.25) is 0 Å². The molecule has 0 N–H and O–H groups in total. The SMILES string of the molecule is O=C(N1CCN(Cc2cccc([N+](=O)[O-])c2)CC1)C1(c2ccc(F)cc2)CC1. The van der Waals surface area contributed by atoms with Gasteiger partial charge in [-0.05, 0) is 36.1 Å². The van der Waals surface area contributed by atoms with Gasteiger partial charge in [-0.3, -0.25) is 19.8 Å². The fourth-order valence-electron chi connectivity index (χ4n) is 3.96. The third-order valence-electron chi connectivity index (χ3n) is 5.74.